The lowest BCUT2D eigenvalue weighted by Gasteiger charge is -2.25. The standard InChI is InChI=1S/C16H19ClN2OS/c1-20-16(8-4-5-9-16)15-18-13(17)12-10-6-2-3-7-11(10)21-14(12)19-15/h2-9H2,1H3. The Morgan fingerprint density at radius 1 is 1.10 bits per heavy atom. The van der Waals surface area contributed by atoms with Gasteiger partial charge in [-0.05, 0) is 56.9 Å². The third-order valence-corrected chi connectivity index (χ3v) is 6.44. The molecular weight excluding hydrogens is 304 g/mol. The summed E-state index contributed by atoms with van der Waals surface area (Å²) in [6.45, 7) is 0. The van der Waals surface area contributed by atoms with E-state index in [2.05, 4.69) is 4.98 Å². The normalized spacial score (nSPS) is 20.9. The van der Waals surface area contributed by atoms with Crippen molar-refractivity contribution in [1.82, 2.24) is 9.97 Å². The van der Waals surface area contributed by atoms with Crippen molar-refractivity contribution in [3.63, 3.8) is 0 Å². The molecule has 3 nitrogen and oxygen atoms in total. The molecule has 0 aromatic carbocycles. The number of halogens is 1. The maximum absolute atomic E-state index is 6.54. The smallest absolute Gasteiger partial charge is 0.163 e. The van der Waals surface area contributed by atoms with E-state index >= 15 is 0 Å². The Morgan fingerprint density at radius 2 is 1.86 bits per heavy atom. The first kappa shape index (κ1) is 13.9. The van der Waals surface area contributed by atoms with Crippen LogP contribution in [0.4, 0.5) is 0 Å². The van der Waals surface area contributed by atoms with Gasteiger partial charge in [-0.3, -0.25) is 0 Å². The lowest BCUT2D eigenvalue weighted by molar-refractivity contribution is -0.0159. The SMILES string of the molecule is COC1(c2nc(Cl)c3c4c(sc3n2)CCCC4)CCCC1. The van der Waals surface area contributed by atoms with E-state index in [1.807, 2.05) is 0 Å². The van der Waals surface area contributed by atoms with Crippen molar-refractivity contribution in [1.29, 1.82) is 0 Å². The number of nitrogens with zero attached hydrogens (tertiary/aromatic N) is 2. The van der Waals surface area contributed by atoms with Crippen molar-refractivity contribution in [2.75, 3.05) is 7.11 Å². The first-order chi connectivity index (χ1) is 10.2. The van der Waals surface area contributed by atoms with Gasteiger partial charge >= 0.3 is 0 Å². The minimum Gasteiger partial charge on any atom is -0.370 e. The summed E-state index contributed by atoms with van der Waals surface area (Å²) in [7, 11) is 1.77. The van der Waals surface area contributed by atoms with Crippen molar-refractivity contribution >= 4 is 33.2 Å². The van der Waals surface area contributed by atoms with E-state index in [9.17, 15) is 0 Å². The van der Waals surface area contributed by atoms with E-state index in [0.29, 0.717) is 5.15 Å². The van der Waals surface area contributed by atoms with Gasteiger partial charge < -0.3 is 4.74 Å². The predicted molar refractivity (Wildman–Crippen MR) is 86.2 cm³/mol. The highest BCUT2D eigenvalue weighted by Gasteiger charge is 2.39. The molecule has 21 heavy (non-hydrogen) atoms. The van der Waals surface area contributed by atoms with Crippen LogP contribution in [0.2, 0.25) is 5.15 Å². The molecule has 2 heterocycles. The second-order valence-electron chi connectivity index (χ2n) is 6.13. The lowest BCUT2D eigenvalue weighted by atomic mass is 9.97. The molecule has 0 N–H and O–H groups in total. The number of fused-ring (bicyclic) bond motifs is 3. The summed E-state index contributed by atoms with van der Waals surface area (Å²) >= 11 is 8.34. The Balaban J connectivity index is 1.89. The number of hydrogen-bond donors (Lipinski definition) is 0. The van der Waals surface area contributed by atoms with E-state index in [-0.39, 0.29) is 5.60 Å². The van der Waals surface area contributed by atoms with E-state index in [0.717, 1.165) is 41.7 Å². The minimum atomic E-state index is -0.317. The van der Waals surface area contributed by atoms with Crippen LogP contribution in [0.1, 0.15) is 54.8 Å². The Labute approximate surface area is 133 Å². The fourth-order valence-corrected chi connectivity index (χ4v) is 5.38. The van der Waals surface area contributed by atoms with Crippen LogP contribution in [0.5, 0.6) is 0 Å². The largest absolute Gasteiger partial charge is 0.370 e. The molecule has 112 valence electrons. The zero-order chi connectivity index (χ0) is 14.4. The van der Waals surface area contributed by atoms with Gasteiger partial charge in [0.25, 0.3) is 0 Å². The zero-order valence-corrected chi connectivity index (χ0v) is 13.8. The molecule has 0 aliphatic heterocycles. The van der Waals surface area contributed by atoms with Crippen molar-refractivity contribution in [2.24, 2.45) is 0 Å². The van der Waals surface area contributed by atoms with E-state index in [1.54, 1.807) is 18.4 Å². The summed E-state index contributed by atoms with van der Waals surface area (Å²) < 4.78 is 5.81. The summed E-state index contributed by atoms with van der Waals surface area (Å²) in [4.78, 5) is 12.0. The molecule has 0 unspecified atom stereocenters. The molecule has 0 bridgehead atoms. The van der Waals surface area contributed by atoms with Crippen LogP contribution >= 0.6 is 22.9 Å². The van der Waals surface area contributed by atoms with Crippen LogP contribution in [-0.4, -0.2) is 17.1 Å². The van der Waals surface area contributed by atoms with Gasteiger partial charge in [0.1, 0.15) is 15.6 Å². The number of rotatable bonds is 2. The van der Waals surface area contributed by atoms with E-state index in [1.165, 1.54) is 36.1 Å². The molecule has 2 aliphatic carbocycles. The summed E-state index contributed by atoms with van der Waals surface area (Å²) in [6, 6.07) is 0. The Morgan fingerprint density at radius 3 is 2.62 bits per heavy atom. The molecule has 5 heteroatoms. The summed E-state index contributed by atoms with van der Waals surface area (Å²) in [6.07, 6.45) is 9.15. The first-order valence-electron chi connectivity index (χ1n) is 7.77. The van der Waals surface area contributed by atoms with Gasteiger partial charge in [-0.15, -0.1) is 11.3 Å². The Bertz CT molecular complexity index is 691. The van der Waals surface area contributed by atoms with Crippen LogP contribution in [0, 0.1) is 0 Å². The second kappa shape index (κ2) is 5.18. The van der Waals surface area contributed by atoms with Crippen molar-refractivity contribution < 1.29 is 4.74 Å². The van der Waals surface area contributed by atoms with Crippen molar-refractivity contribution in [2.45, 2.75) is 57.0 Å². The molecule has 0 spiro atoms. The average Bonchev–Trinajstić information content (AvgIpc) is 3.12. The van der Waals surface area contributed by atoms with Gasteiger partial charge in [0, 0.05) is 12.0 Å². The quantitative estimate of drug-likeness (QED) is 0.755. The number of hydrogen-bond acceptors (Lipinski definition) is 4. The number of ether oxygens (including phenoxy) is 1. The second-order valence-corrected chi connectivity index (χ2v) is 7.58. The molecule has 1 fully saturated rings. The Hall–Kier alpha value is -0.710. The molecule has 1 saturated carbocycles. The molecule has 0 amide bonds. The number of aromatic nitrogens is 2. The van der Waals surface area contributed by atoms with Crippen LogP contribution in [0.3, 0.4) is 0 Å². The molecule has 4 rings (SSSR count). The maximum atomic E-state index is 6.54. The number of thiophene rings is 1. The fourth-order valence-electron chi connectivity index (χ4n) is 3.78. The highest BCUT2D eigenvalue weighted by atomic mass is 35.5. The average molecular weight is 323 g/mol. The summed E-state index contributed by atoms with van der Waals surface area (Å²) in [5, 5.41) is 1.72. The summed E-state index contributed by atoms with van der Waals surface area (Å²) in [5.74, 6) is 0.790. The third-order valence-electron chi connectivity index (χ3n) is 4.98. The van der Waals surface area contributed by atoms with Gasteiger partial charge in [0.15, 0.2) is 5.82 Å². The van der Waals surface area contributed by atoms with Crippen LogP contribution in [0.15, 0.2) is 0 Å². The van der Waals surface area contributed by atoms with Crippen LogP contribution in [0.25, 0.3) is 10.2 Å². The molecule has 2 aliphatic rings. The maximum Gasteiger partial charge on any atom is 0.163 e. The molecule has 0 atom stereocenters. The Kier molecular flexibility index (Phi) is 3.43. The highest BCUT2D eigenvalue weighted by molar-refractivity contribution is 7.19. The van der Waals surface area contributed by atoms with Gasteiger partial charge in [-0.2, -0.15) is 0 Å². The predicted octanol–water partition coefficient (Wildman–Crippen LogP) is 4.64. The monoisotopic (exact) mass is 322 g/mol. The topological polar surface area (TPSA) is 35.0 Å². The van der Waals surface area contributed by atoms with E-state index in [4.69, 9.17) is 21.3 Å². The number of aryl methyl sites for hydroxylation is 2. The minimum absolute atomic E-state index is 0.317. The first-order valence-corrected chi connectivity index (χ1v) is 8.96. The number of methoxy groups -OCH3 is 1. The zero-order valence-electron chi connectivity index (χ0n) is 12.2. The molecule has 2 aromatic rings. The summed E-state index contributed by atoms with van der Waals surface area (Å²) in [5.41, 5.74) is 1.08. The third kappa shape index (κ3) is 2.11. The fraction of sp³-hybridized carbons (Fsp3) is 0.625. The molecule has 0 radical (unpaired) electrons. The van der Waals surface area contributed by atoms with Gasteiger partial charge in [-0.1, -0.05) is 11.6 Å². The van der Waals surface area contributed by atoms with Gasteiger partial charge in [-0.25, -0.2) is 9.97 Å². The molecular formula is C16H19ClN2OS. The van der Waals surface area contributed by atoms with Gasteiger partial charge in [0.2, 0.25) is 0 Å². The van der Waals surface area contributed by atoms with Crippen molar-refractivity contribution in [3.8, 4) is 0 Å². The highest BCUT2D eigenvalue weighted by Crippen LogP contribution is 2.43. The van der Waals surface area contributed by atoms with Crippen molar-refractivity contribution in [3.05, 3.63) is 21.4 Å². The molecule has 2 aromatic heterocycles. The lowest BCUT2D eigenvalue weighted by Crippen LogP contribution is -2.27. The van der Waals surface area contributed by atoms with Crippen LogP contribution in [-0.2, 0) is 23.2 Å². The molecule has 0 saturated heterocycles. The van der Waals surface area contributed by atoms with Gasteiger partial charge in [0.05, 0.1) is 5.39 Å². The van der Waals surface area contributed by atoms with E-state index < -0.39 is 0 Å². The van der Waals surface area contributed by atoms with Crippen LogP contribution < -0.4 is 0 Å².